The van der Waals surface area contributed by atoms with E-state index in [1.807, 2.05) is 67.6 Å². The summed E-state index contributed by atoms with van der Waals surface area (Å²) in [4.78, 5) is 0. The molecule has 0 amide bonds. The number of benzene rings is 2. The zero-order chi connectivity index (χ0) is 13.5. The Balaban J connectivity index is 1.93. The average molecular weight is 269 g/mol. The molecule has 2 N–H and O–H groups in total. The zero-order valence-electron chi connectivity index (χ0n) is 10.6. The van der Waals surface area contributed by atoms with Gasteiger partial charge >= 0.3 is 0 Å². The molecule has 4 heteroatoms. The molecule has 0 atom stereocenters. The fourth-order valence-electron chi connectivity index (χ4n) is 1.56. The molecule has 0 aliphatic heterocycles. The first-order valence-electron chi connectivity index (χ1n) is 5.97. The van der Waals surface area contributed by atoms with Gasteiger partial charge in [0.2, 0.25) is 0 Å². The van der Waals surface area contributed by atoms with E-state index in [1.165, 1.54) is 0 Å². The van der Waals surface area contributed by atoms with Crippen LogP contribution in [0, 0.1) is 0 Å². The van der Waals surface area contributed by atoms with Crippen LogP contribution in [0.3, 0.4) is 0 Å². The molecule has 2 aromatic carbocycles. The summed E-state index contributed by atoms with van der Waals surface area (Å²) in [5.41, 5.74) is 5.73. The maximum atomic E-state index is 5.18. The predicted molar refractivity (Wildman–Crippen MR) is 84.5 cm³/mol. The van der Waals surface area contributed by atoms with Crippen molar-refractivity contribution in [3.8, 4) is 0 Å². The van der Waals surface area contributed by atoms with E-state index in [2.05, 4.69) is 15.8 Å². The monoisotopic (exact) mass is 269 g/mol. The first kappa shape index (κ1) is 13.2. The lowest BCUT2D eigenvalue weighted by molar-refractivity contribution is 1.04. The minimum atomic E-state index is 0.474. The summed E-state index contributed by atoms with van der Waals surface area (Å²) in [7, 11) is 0. The Labute approximate surface area is 118 Å². The Bertz CT molecular complexity index is 564. The second kappa shape index (κ2) is 6.66. The van der Waals surface area contributed by atoms with Crippen molar-refractivity contribution in [1.29, 1.82) is 0 Å². The molecule has 3 nitrogen and oxygen atoms in total. The van der Waals surface area contributed by atoms with E-state index in [0.717, 1.165) is 17.0 Å². The largest absolute Gasteiger partial charge is 0.331 e. The van der Waals surface area contributed by atoms with Gasteiger partial charge in [0, 0.05) is 5.69 Å². The van der Waals surface area contributed by atoms with Crippen molar-refractivity contribution >= 4 is 28.7 Å². The normalized spacial score (nSPS) is 10.9. The van der Waals surface area contributed by atoms with Gasteiger partial charge in [0.05, 0.1) is 5.71 Å². The molecular formula is C15H15N3S. The van der Waals surface area contributed by atoms with E-state index in [1.54, 1.807) is 0 Å². The quantitative estimate of drug-likeness (QED) is 0.509. The summed E-state index contributed by atoms with van der Waals surface area (Å²) in [6.07, 6.45) is 0. The zero-order valence-corrected chi connectivity index (χ0v) is 11.4. The number of hydrogen-bond donors (Lipinski definition) is 2. The molecule has 0 saturated carbocycles. The maximum absolute atomic E-state index is 5.18. The third kappa shape index (κ3) is 4.19. The molecular weight excluding hydrogens is 254 g/mol. The molecule has 19 heavy (non-hydrogen) atoms. The molecule has 2 aromatic rings. The lowest BCUT2D eigenvalue weighted by Gasteiger charge is -2.07. The van der Waals surface area contributed by atoms with E-state index >= 15 is 0 Å². The molecule has 0 unspecified atom stereocenters. The Morgan fingerprint density at radius 2 is 1.53 bits per heavy atom. The van der Waals surface area contributed by atoms with Gasteiger partial charge in [0.1, 0.15) is 0 Å². The van der Waals surface area contributed by atoms with Gasteiger partial charge in [-0.2, -0.15) is 5.10 Å². The Morgan fingerprint density at radius 3 is 2.16 bits per heavy atom. The standard InChI is InChI=1S/C15H15N3S/c1-12(13-8-4-2-5-9-13)17-18-15(19)16-14-10-6-3-7-11-14/h2-11H,1H3,(H2,16,18,19)/b17-12-. The van der Waals surface area contributed by atoms with E-state index in [4.69, 9.17) is 12.2 Å². The van der Waals surface area contributed by atoms with Gasteiger partial charge < -0.3 is 5.32 Å². The molecule has 0 heterocycles. The fourth-order valence-corrected chi connectivity index (χ4v) is 1.72. The maximum Gasteiger partial charge on any atom is 0.191 e. The summed E-state index contributed by atoms with van der Waals surface area (Å²) < 4.78 is 0. The highest BCUT2D eigenvalue weighted by atomic mass is 32.1. The minimum absolute atomic E-state index is 0.474. The fraction of sp³-hybridized carbons (Fsp3) is 0.0667. The predicted octanol–water partition coefficient (Wildman–Crippen LogP) is 3.40. The summed E-state index contributed by atoms with van der Waals surface area (Å²) in [6, 6.07) is 19.7. The van der Waals surface area contributed by atoms with Crippen molar-refractivity contribution in [3.05, 3.63) is 66.2 Å². The lowest BCUT2D eigenvalue weighted by Crippen LogP contribution is -2.24. The third-order valence-corrected chi connectivity index (χ3v) is 2.74. The van der Waals surface area contributed by atoms with Crippen molar-refractivity contribution in [2.75, 3.05) is 5.32 Å². The highest BCUT2D eigenvalue weighted by Crippen LogP contribution is 2.04. The van der Waals surface area contributed by atoms with Crippen LogP contribution in [0.4, 0.5) is 5.69 Å². The van der Waals surface area contributed by atoms with Gasteiger partial charge in [-0.05, 0) is 36.8 Å². The highest BCUT2D eigenvalue weighted by molar-refractivity contribution is 7.80. The Morgan fingerprint density at radius 1 is 0.947 bits per heavy atom. The summed E-state index contributed by atoms with van der Waals surface area (Å²) >= 11 is 5.18. The van der Waals surface area contributed by atoms with Crippen LogP contribution in [0.1, 0.15) is 12.5 Å². The second-order valence-corrected chi connectivity index (χ2v) is 4.40. The van der Waals surface area contributed by atoms with Crippen LogP contribution in [0.2, 0.25) is 0 Å². The van der Waals surface area contributed by atoms with E-state index in [9.17, 15) is 0 Å². The number of anilines is 1. The number of nitrogens with zero attached hydrogens (tertiary/aromatic N) is 1. The molecule has 0 saturated heterocycles. The van der Waals surface area contributed by atoms with Crippen LogP contribution in [0.15, 0.2) is 65.8 Å². The molecule has 2 rings (SSSR count). The van der Waals surface area contributed by atoms with Gasteiger partial charge in [0.25, 0.3) is 0 Å². The van der Waals surface area contributed by atoms with Crippen LogP contribution >= 0.6 is 12.2 Å². The topological polar surface area (TPSA) is 36.4 Å². The molecule has 0 aliphatic carbocycles. The molecule has 96 valence electrons. The SMILES string of the molecule is C/C(=N/NC(=S)Nc1ccccc1)c1ccccc1. The van der Waals surface area contributed by atoms with Crippen molar-refractivity contribution in [3.63, 3.8) is 0 Å². The number of hydrogen-bond acceptors (Lipinski definition) is 2. The minimum Gasteiger partial charge on any atom is -0.331 e. The van der Waals surface area contributed by atoms with Crippen molar-refractivity contribution < 1.29 is 0 Å². The van der Waals surface area contributed by atoms with E-state index in [-0.39, 0.29) is 0 Å². The average Bonchev–Trinajstić information content (AvgIpc) is 2.47. The number of para-hydroxylation sites is 1. The summed E-state index contributed by atoms with van der Waals surface area (Å²) in [5, 5.41) is 7.79. The van der Waals surface area contributed by atoms with Crippen LogP contribution in [-0.4, -0.2) is 10.8 Å². The van der Waals surface area contributed by atoms with Gasteiger partial charge in [-0.1, -0.05) is 48.5 Å². The Kier molecular flexibility index (Phi) is 4.64. The summed E-state index contributed by atoms with van der Waals surface area (Å²) in [5.74, 6) is 0. The Hall–Kier alpha value is -2.20. The third-order valence-electron chi connectivity index (χ3n) is 2.55. The van der Waals surface area contributed by atoms with Crippen molar-refractivity contribution in [2.24, 2.45) is 5.10 Å². The summed E-state index contributed by atoms with van der Waals surface area (Å²) in [6.45, 7) is 1.94. The van der Waals surface area contributed by atoms with Crippen LogP contribution in [-0.2, 0) is 0 Å². The lowest BCUT2D eigenvalue weighted by atomic mass is 10.1. The first-order chi connectivity index (χ1) is 9.25. The molecule has 0 bridgehead atoms. The van der Waals surface area contributed by atoms with Gasteiger partial charge in [0.15, 0.2) is 5.11 Å². The molecule has 0 fully saturated rings. The van der Waals surface area contributed by atoms with Gasteiger partial charge in [-0.15, -0.1) is 0 Å². The van der Waals surface area contributed by atoms with Gasteiger partial charge in [-0.3, -0.25) is 5.43 Å². The molecule has 0 radical (unpaired) electrons. The number of nitrogens with one attached hydrogen (secondary N) is 2. The number of hydrazone groups is 1. The van der Waals surface area contributed by atoms with Crippen LogP contribution in [0.5, 0.6) is 0 Å². The van der Waals surface area contributed by atoms with E-state index in [0.29, 0.717) is 5.11 Å². The number of thiocarbonyl (C=S) groups is 1. The van der Waals surface area contributed by atoms with Crippen molar-refractivity contribution in [2.45, 2.75) is 6.92 Å². The van der Waals surface area contributed by atoms with Crippen LogP contribution < -0.4 is 10.7 Å². The number of rotatable bonds is 3. The highest BCUT2D eigenvalue weighted by Gasteiger charge is 1.97. The smallest absolute Gasteiger partial charge is 0.191 e. The molecule has 0 aromatic heterocycles. The van der Waals surface area contributed by atoms with Gasteiger partial charge in [-0.25, -0.2) is 0 Å². The van der Waals surface area contributed by atoms with Crippen molar-refractivity contribution in [1.82, 2.24) is 5.43 Å². The van der Waals surface area contributed by atoms with E-state index < -0.39 is 0 Å². The van der Waals surface area contributed by atoms with Crippen LogP contribution in [0.25, 0.3) is 0 Å². The first-order valence-corrected chi connectivity index (χ1v) is 6.38. The molecule has 0 aliphatic rings. The molecule has 0 spiro atoms. The second-order valence-electron chi connectivity index (χ2n) is 4.00.